The number of hydrogen-bond donors (Lipinski definition) is 1. The number of hydrogen-bond acceptors (Lipinski definition) is 2. The van der Waals surface area contributed by atoms with E-state index in [0.717, 1.165) is 31.5 Å². The van der Waals surface area contributed by atoms with Gasteiger partial charge in [-0.05, 0) is 34.7 Å². The van der Waals surface area contributed by atoms with Crippen LogP contribution in [0.5, 0.6) is 0 Å². The van der Waals surface area contributed by atoms with Gasteiger partial charge < -0.3 is 4.98 Å². The van der Waals surface area contributed by atoms with Crippen LogP contribution in [0.1, 0.15) is 0 Å². The van der Waals surface area contributed by atoms with E-state index < -0.39 is 0 Å². The van der Waals surface area contributed by atoms with E-state index in [-0.39, 0.29) is 0 Å². The summed E-state index contributed by atoms with van der Waals surface area (Å²) in [6.45, 7) is 0. The molecule has 0 radical (unpaired) electrons. The van der Waals surface area contributed by atoms with Crippen LogP contribution in [0.25, 0.3) is 27.8 Å². The Morgan fingerprint density at radius 1 is 1.12 bits per heavy atom. The predicted octanol–water partition coefficient (Wildman–Crippen LogP) is 2.97. The van der Waals surface area contributed by atoms with Gasteiger partial charge in [-0.25, -0.2) is 9.97 Å². The van der Waals surface area contributed by atoms with E-state index in [9.17, 15) is 0 Å². The van der Waals surface area contributed by atoms with Gasteiger partial charge in [-0.2, -0.15) is 0 Å². The van der Waals surface area contributed by atoms with E-state index in [0.29, 0.717) is 0 Å². The number of H-pyrrole nitrogens is 1. The minimum Gasteiger partial charge on any atom is -0.339 e. The van der Waals surface area contributed by atoms with E-state index in [1.807, 2.05) is 28.8 Å². The highest BCUT2D eigenvalue weighted by atomic mass is 127. The second-order valence-corrected chi connectivity index (χ2v) is 5.01. The first-order valence-corrected chi connectivity index (χ1v) is 6.32. The minimum atomic E-state index is 0.740. The first-order chi connectivity index (χ1) is 8.33. The molecule has 4 nitrogen and oxygen atoms in total. The van der Waals surface area contributed by atoms with Crippen molar-refractivity contribution in [3.8, 4) is 0 Å². The summed E-state index contributed by atoms with van der Waals surface area (Å²) in [5, 5.41) is 1.14. The lowest BCUT2D eigenvalue weighted by Crippen LogP contribution is -1.90. The molecule has 3 heterocycles. The lowest BCUT2D eigenvalue weighted by atomic mass is 10.2. The smallest absolute Gasteiger partial charge is 0.237 e. The van der Waals surface area contributed by atoms with Gasteiger partial charge in [0, 0.05) is 17.1 Å². The fraction of sp³-hybridized carbons (Fsp3) is 0. The zero-order valence-electron chi connectivity index (χ0n) is 8.68. The maximum atomic E-state index is 4.58. The molecular weight excluding hydrogens is 327 g/mol. The standard InChI is InChI=1S/C12H7IN4/c13-9-5-6-17-11-10(16-12(17)15-9)7-3-1-2-4-8(7)14-11/h1-6,14H. The second kappa shape index (κ2) is 3.19. The van der Waals surface area contributed by atoms with Crippen LogP contribution in [0, 0.1) is 3.70 Å². The molecule has 0 amide bonds. The summed E-state index contributed by atoms with van der Waals surface area (Å²) in [7, 11) is 0. The molecule has 0 bridgehead atoms. The highest BCUT2D eigenvalue weighted by Gasteiger charge is 2.11. The van der Waals surface area contributed by atoms with Crippen molar-refractivity contribution < 1.29 is 0 Å². The highest BCUT2D eigenvalue weighted by molar-refractivity contribution is 14.1. The Bertz CT molecular complexity index is 859. The van der Waals surface area contributed by atoms with Crippen molar-refractivity contribution in [2.75, 3.05) is 0 Å². The van der Waals surface area contributed by atoms with Crippen molar-refractivity contribution in [2.24, 2.45) is 0 Å². The van der Waals surface area contributed by atoms with Crippen LogP contribution in [0.15, 0.2) is 36.5 Å². The van der Waals surface area contributed by atoms with Crippen LogP contribution in [0.2, 0.25) is 0 Å². The third-order valence-corrected chi connectivity index (χ3v) is 3.50. The molecule has 0 aliphatic rings. The molecule has 0 spiro atoms. The zero-order valence-corrected chi connectivity index (χ0v) is 10.8. The topological polar surface area (TPSA) is 46.0 Å². The van der Waals surface area contributed by atoms with Crippen molar-refractivity contribution in [1.82, 2.24) is 19.4 Å². The molecule has 3 aromatic heterocycles. The van der Waals surface area contributed by atoms with Gasteiger partial charge in [0.25, 0.3) is 0 Å². The fourth-order valence-electron chi connectivity index (χ4n) is 2.14. The monoisotopic (exact) mass is 334 g/mol. The normalized spacial score (nSPS) is 11.8. The molecule has 0 aliphatic heterocycles. The first-order valence-electron chi connectivity index (χ1n) is 5.24. The average molecular weight is 334 g/mol. The Balaban J connectivity index is 2.29. The number of imidazole rings is 1. The quantitative estimate of drug-likeness (QED) is 0.397. The van der Waals surface area contributed by atoms with Gasteiger partial charge in [0.15, 0.2) is 0 Å². The van der Waals surface area contributed by atoms with E-state index in [2.05, 4.69) is 49.7 Å². The molecule has 4 rings (SSSR count). The molecule has 82 valence electrons. The Kier molecular flexibility index (Phi) is 1.77. The maximum absolute atomic E-state index is 4.58. The van der Waals surface area contributed by atoms with Gasteiger partial charge in [-0.1, -0.05) is 18.2 Å². The number of nitrogens with zero attached hydrogens (tertiary/aromatic N) is 3. The molecule has 0 saturated carbocycles. The van der Waals surface area contributed by atoms with Crippen molar-refractivity contribution in [1.29, 1.82) is 0 Å². The van der Waals surface area contributed by atoms with Gasteiger partial charge in [-0.15, -0.1) is 0 Å². The third-order valence-electron chi connectivity index (χ3n) is 2.90. The van der Waals surface area contributed by atoms with Gasteiger partial charge in [0.1, 0.15) is 14.9 Å². The maximum Gasteiger partial charge on any atom is 0.237 e. The zero-order chi connectivity index (χ0) is 11.4. The molecule has 1 aromatic carbocycles. The SMILES string of the molecule is Ic1ccn2c(n1)nc1c3ccccc3[nH]c12. The second-order valence-electron chi connectivity index (χ2n) is 3.90. The van der Waals surface area contributed by atoms with Crippen LogP contribution >= 0.6 is 22.6 Å². The lowest BCUT2D eigenvalue weighted by Gasteiger charge is -1.93. The predicted molar refractivity (Wildman–Crippen MR) is 75.1 cm³/mol. The van der Waals surface area contributed by atoms with E-state index in [1.54, 1.807) is 0 Å². The van der Waals surface area contributed by atoms with Gasteiger partial charge in [0.05, 0.1) is 0 Å². The molecule has 17 heavy (non-hydrogen) atoms. The number of rotatable bonds is 0. The molecule has 1 N–H and O–H groups in total. The number of aromatic nitrogens is 4. The number of halogens is 1. The molecule has 4 aromatic rings. The molecule has 5 heteroatoms. The van der Waals surface area contributed by atoms with Gasteiger partial charge in [0.2, 0.25) is 5.78 Å². The number of nitrogens with one attached hydrogen (secondary N) is 1. The third kappa shape index (κ3) is 1.22. The van der Waals surface area contributed by atoms with Crippen LogP contribution in [-0.2, 0) is 0 Å². The Morgan fingerprint density at radius 3 is 2.94 bits per heavy atom. The summed E-state index contributed by atoms with van der Waals surface area (Å²) in [5.41, 5.74) is 3.10. The fourth-order valence-corrected chi connectivity index (χ4v) is 2.52. The van der Waals surface area contributed by atoms with Crippen molar-refractivity contribution in [2.45, 2.75) is 0 Å². The number of fused-ring (bicyclic) bond motifs is 5. The lowest BCUT2D eigenvalue weighted by molar-refractivity contribution is 1.10. The first kappa shape index (κ1) is 9.41. The number of aromatic amines is 1. The minimum absolute atomic E-state index is 0.740. The molecular formula is C12H7IN4. The molecule has 0 saturated heterocycles. The Morgan fingerprint density at radius 2 is 2.00 bits per heavy atom. The molecule has 0 unspecified atom stereocenters. The average Bonchev–Trinajstić information content (AvgIpc) is 2.84. The summed E-state index contributed by atoms with van der Waals surface area (Å²) in [5.74, 6) is 0.740. The summed E-state index contributed by atoms with van der Waals surface area (Å²) in [6.07, 6.45) is 1.99. The van der Waals surface area contributed by atoms with Crippen LogP contribution in [-0.4, -0.2) is 19.4 Å². The van der Waals surface area contributed by atoms with Crippen LogP contribution in [0.3, 0.4) is 0 Å². The van der Waals surface area contributed by atoms with E-state index in [1.165, 1.54) is 0 Å². The molecule has 0 fully saturated rings. The summed E-state index contributed by atoms with van der Waals surface area (Å²) < 4.78 is 2.93. The molecule has 0 atom stereocenters. The van der Waals surface area contributed by atoms with Gasteiger partial charge >= 0.3 is 0 Å². The number of benzene rings is 1. The molecule has 0 aliphatic carbocycles. The van der Waals surface area contributed by atoms with E-state index in [4.69, 9.17) is 0 Å². The summed E-state index contributed by atoms with van der Waals surface area (Å²) in [6, 6.07) is 10.2. The summed E-state index contributed by atoms with van der Waals surface area (Å²) >= 11 is 2.19. The van der Waals surface area contributed by atoms with Gasteiger partial charge in [-0.3, -0.25) is 4.40 Å². The van der Waals surface area contributed by atoms with Crippen molar-refractivity contribution in [3.63, 3.8) is 0 Å². The van der Waals surface area contributed by atoms with Crippen molar-refractivity contribution >= 4 is 50.4 Å². The highest BCUT2D eigenvalue weighted by Crippen LogP contribution is 2.25. The Hall–Kier alpha value is -1.63. The largest absolute Gasteiger partial charge is 0.339 e. The van der Waals surface area contributed by atoms with Crippen molar-refractivity contribution in [3.05, 3.63) is 40.2 Å². The Labute approximate surface area is 110 Å². The van der Waals surface area contributed by atoms with E-state index >= 15 is 0 Å². The van der Waals surface area contributed by atoms with Crippen LogP contribution in [0.4, 0.5) is 0 Å². The van der Waals surface area contributed by atoms with Crippen LogP contribution < -0.4 is 0 Å². The number of para-hydroxylation sites is 1. The summed E-state index contributed by atoms with van der Waals surface area (Å²) in [4.78, 5) is 12.4.